The number of anilines is 1. The van der Waals surface area contributed by atoms with Crippen LogP contribution in [-0.4, -0.2) is 37.7 Å². The molecule has 2 rings (SSSR count). The number of hydrogen-bond acceptors (Lipinski definition) is 5. The Morgan fingerprint density at radius 3 is 2.52 bits per heavy atom. The van der Waals surface area contributed by atoms with Gasteiger partial charge in [-0.15, -0.1) is 0 Å². The van der Waals surface area contributed by atoms with Crippen LogP contribution in [0, 0.1) is 5.92 Å². The maximum atomic E-state index is 12.3. The number of rotatable bonds is 6. The highest BCUT2D eigenvalue weighted by atomic mass is 16.3. The highest BCUT2D eigenvalue weighted by Gasteiger charge is 2.24. The van der Waals surface area contributed by atoms with E-state index in [4.69, 9.17) is 0 Å². The van der Waals surface area contributed by atoms with Gasteiger partial charge >= 0.3 is 0 Å². The normalized spacial score (nSPS) is 13.3. The summed E-state index contributed by atoms with van der Waals surface area (Å²) in [6, 6.07) is 4.37. The van der Waals surface area contributed by atoms with E-state index in [2.05, 4.69) is 20.7 Å². The van der Waals surface area contributed by atoms with E-state index in [1.807, 2.05) is 13.8 Å². The fourth-order valence-electron chi connectivity index (χ4n) is 2.10. The number of nitrogens with zero attached hydrogens (tertiary/aromatic N) is 3. The topological polar surface area (TPSA) is 109 Å². The Bertz CT molecular complexity index is 756. The SMILES string of the molecule is CC(C)n1ccc(C(=O)N[C@@H](C)[C@H](C)C(=O)Nc2ncccc2O)n1. The first-order valence-corrected chi connectivity index (χ1v) is 8.10. The summed E-state index contributed by atoms with van der Waals surface area (Å²) < 4.78 is 1.69. The zero-order valence-corrected chi connectivity index (χ0v) is 14.7. The molecule has 8 nitrogen and oxygen atoms in total. The first-order chi connectivity index (χ1) is 11.8. The molecular weight excluding hydrogens is 322 g/mol. The lowest BCUT2D eigenvalue weighted by Gasteiger charge is -2.20. The Morgan fingerprint density at radius 2 is 1.92 bits per heavy atom. The van der Waals surface area contributed by atoms with Crippen molar-refractivity contribution < 1.29 is 14.7 Å². The molecule has 0 aromatic carbocycles. The van der Waals surface area contributed by atoms with E-state index in [9.17, 15) is 14.7 Å². The van der Waals surface area contributed by atoms with Crippen LogP contribution in [0.15, 0.2) is 30.6 Å². The summed E-state index contributed by atoms with van der Waals surface area (Å²) in [7, 11) is 0. The third kappa shape index (κ3) is 4.56. The second kappa shape index (κ2) is 7.78. The number of aromatic hydroxyl groups is 1. The molecule has 0 saturated carbocycles. The van der Waals surface area contributed by atoms with Crippen molar-refractivity contribution in [2.75, 3.05) is 5.32 Å². The van der Waals surface area contributed by atoms with Crippen molar-refractivity contribution in [3.8, 4) is 5.75 Å². The molecule has 0 spiro atoms. The molecule has 0 aliphatic rings. The molecule has 0 unspecified atom stereocenters. The van der Waals surface area contributed by atoms with Crippen molar-refractivity contribution in [3.63, 3.8) is 0 Å². The second-order valence-electron chi connectivity index (χ2n) is 6.19. The minimum Gasteiger partial charge on any atom is -0.504 e. The Balaban J connectivity index is 1.96. The van der Waals surface area contributed by atoms with E-state index in [0.29, 0.717) is 5.69 Å². The van der Waals surface area contributed by atoms with Crippen LogP contribution in [0.3, 0.4) is 0 Å². The van der Waals surface area contributed by atoms with Crippen molar-refractivity contribution in [1.82, 2.24) is 20.1 Å². The largest absolute Gasteiger partial charge is 0.504 e. The molecule has 0 saturated heterocycles. The lowest BCUT2D eigenvalue weighted by atomic mass is 10.0. The van der Waals surface area contributed by atoms with Gasteiger partial charge in [0.2, 0.25) is 5.91 Å². The van der Waals surface area contributed by atoms with Crippen LogP contribution in [0.4, 0.5) is 5.82 Å². The molecule has 2 amide bonds. The number of nitrogens with one attached hydrogen (secondary N) is 2. The maximum Gasteiger partial charge on any atom is 0.272 e. The Morgan fingerprint density at radius 1 is 1.20 bits per heavy atom. The van der Waals surface area contributed by atoms with Crippen LogP contribution in [0.25, 0.3) is 0 Å². The number of aromatic nitrogens is 3. The molecule has 8 heteroatoms. The minimum atomic E-state index is -0.530. The summed E-state index contributed by atoms with van der Waals surface area (Å²) in [5.74, 6) is -1.24. The molecule has 2 atom stereocenters. The first kappa shape index (κ1) is 18.4. The molecule has 0 aliphatic carbocycles. The van der Waals surface area contributed by atoms with E-state index in [1.54, 1.807) is 36.9 Å². The van der Waals surface area contributed by atoms with Gasteiger partial charge in [0.1, 0.15) is 5.69 Å². The van der Waals surface area contributed by atoms with Crippen LogP contribution >= 0.6 is 0 Å². The van der Waals surface area contributed by atoms with Gasteiger partial charge in [-0.25, -0.2) is 4.98 Å². The minimum absolute atomic E-state index is 0.0913. The average Bonchev–Trinajstić information content (AvgIpc) is 3.06. The molecule has 3 N–H and O–H groups in total. The highest BCUT2D eigenvalue weighted by Crippen LogP contribution is 2.19. The van der Waals surface area contributed by atoms with Gasteiger partial charge in [-0.05, 0) is 39.0 Å². The van der Waals surface area contributed by atoms with Gasteiger partial charge in [0.05, 0.1) is 5.92 Å². The third-order valence-corrected chi connectivity index (χ3v) is 3.92. The quantitative estimate of drug-likeness (QED) is 0.741. The van der Waals surface area contributed by atoms with Crippen molar-refractivity contribution >= 4 is 17.6 Å². The van der Waals surface area contributed by atoms with Gasteiger partial charge < -0.3 is 15.7 Å². The molecule has 134 valence electrons. The number of carbonyl (C=O) groups is 2. The predicted octanol–water partition coefficient (Wildman–Crippen LogP) is 1.96. The van der Waals surface area contributed by atoms with E-state index in [0.717, 1.165) is 0 Å². The lowest BCUT2D eigenvalue weighted by Crippen LogP contribution is -2.42. The molecule has 0 aliphatic heterocycles. The van der Waals surface area contributed by atoms with Crippen molar-refractivity contribution in [2.24, 2.45) is 5.92 Å². The Hall–Kier alpha value is -2.90. The van der Waals surface area contributed by atoms with E-state index in [1.165, 1.54) is 12.3 Å². The van der Waals surface area contributed by atoms with Crippen molar-refractivity contribution in [1.29, 1.82) is 0 Å². The fraction of sp³-hybridized carbons (Fsp3) is 0.412. The third-order valence-electron chi connectivity index (χ3n) is 3.92. The van der Waals surface area contributed by atoms with Gasteiger partial charge in [0, 0.05) is 24.5 Å². The molecule has 25 heavy (non-hydrogen) atoms. The Labute approximate surface area is 146 Å². The smallest absolute Gasteiger partial charge is 0.272 e. The van der Waals surface area contributed by atoms with Crippen LogP contribution in [0.5, 0.6) is 5.75 Å². The van der Waals surface area contributed by atoms with Crippen LogP contribution < -0.4 is 10.6 Å². The van der Waals surface area contributed by atoms with Crippen LogP contribution in [0.2, 0.25) is 0 Å². The number of pyridine rings is 1. The second-order valence-corrected chi connectivity index (χ2v) is 6.19. The summed E-state index contributed by atoms with van der Waals surface area (Å²) in [4.78, 5) is 28.4. The van der Waals surface area contributed by atoms with Gasteiger partial charge in [-0.3, -0.25) is 14.3 Å². The highest BCUT2D eigenvalue weighted by molar-refractivity contribution is 5.95. The van der Waals surface area contributed by atoms with Gasteiger partial charge in [0.15, 0.2) is 11.6 Å². The molecule has 0 radical (unpaired) electrons. The Kier molecular flexibility index (Phi) is 5.74. The molecular formula is C17H23N5O3. The molecule has 2 aromatic rings. The van der Waals surface area contributed by atoms with Gasteiger partial charge in [-0.2, -0.15) is 5.10 Å². The molecule has 2 aromatic heterocycles. The summed E-state index contributed by atoms with van der Waals surface area (Å²) in [5.41, 5.74) is 0.301. The van der Waals surface area contributed by atoms with Crippen molar-refractivity contribution in [2.45, 2.75) is 39.8 Å². The first-order valence-electron chi connectivity index (χ1n) is 8.10. The number of hydrogen-bond donors (Lipinski definition) is 3. The standard InChI is InChI=1S/C17H23N5O3/c1-10(2)22-9-7-13(21-22)17(25)19-12(4)11(3)16(24)20-15-14(23)6-5-8-18-15/h5-12,23H,1-4H3,(H,19,25)(H,18,20,24)/t11-,12-/m0/s1. The average molecular weight is 345 g/mol. The van der Waals surface area contributed by atoms with Crippen molar-refractivity contribution in [3.05, 3.63) is 36.3 Å². The monoisotopic (exact) mass is 345 g/mol. The maximum absolute atomic E-state index is 12.3. The van der Waals surface area contributed by atoms with Crippen LogP contribution in [-0.2, 0) is 4.79 Å². The van der Waals surface area contributed by atoms with E-state index < -0.39 is 12.0 Å². The van der Waals surface area contributed by atoms with Crippen LogP contribution in [0.1, 0.15) is 44.2 Å². The van der Waals surface area contributed by atoms with Gasteiger partial charge in [-0.1, -0.05) is 6.92 Å². The lowest BCUT2D eigenvalue weighted by molar-refractivity contribution is -0.120. The zero-order valence-electron chi connectivity index (χ0n) is 14.7. The zero-order chi connectivity index (χ0) is 18.6. The summed E-state index contributed by atoms with van der Waals surface area (Å²) >= 11 is 0. The molecule has 0 fully saturated rings. The molecule has 0 bridgehead atoms. The summed E-state index contributed by atoms with van der Waals surface area (Å²) in [5, 5.41) is 19.2. The van der Waals surface area contributed by atoms with E-state index in [-0.39, 0.29) is 29.4 Å². The summed E-state index contributed by atoms with van der Waals surface area (Å²) in [6.45, 7) is 7.36. The van der Waals surface area contributed by atoms with Gasteiger partial charge in [0.25, 0.3) is 5.91 Å². The predicted molar refractivity (Wildman–Crippen MR) is 93.2 cm³/mol. The summed E-state index contributed by atoms with van der Waals surface area (Å²) in [6.07, 6.45) is 3.21. The van der Waals surface area contributed by atoms with E-state index >= 15 is 0 Å². The number of carbonyl (C=O) groups excluding carboxylic acids is 2. The number of amides is 2. The molecule has 2 heterocycles. The fourth-order valence-corrected chi connectivity index (χ4v) is 2.10.